The van der Waals surface area contributed by atoms with Crippen LogP contribution in [-0.4, -0.2) is 31.2 Å². The van der Waals surface area contributed by atoms with Gasteiger partial charge in [0.15, 0.2) is 0 Å². The van der Waals surface area contributed by atoms with Gasteiger partial charge in [-0.3, -0.25) is 4.79 Å². The van der Waals surface area contributed by atoms with Crippen molar-refractivity contribution in [3.05, 3.63) is 12.2 Å². The van der Waals surface area contributed by atoms with Crippen LogP contribution in [0.15, 0.2) is 17.1 Å². The molecule has 0 heterocycles. The SMILES string of the molecule is C=C(C)C(=O)NCCNC(=O)N=CC. The highest BCUT2D eigenvalue weighted by Gasteiger charge is 2.00. The van der Waals surface area contributed by atoms with E-state index in [1.54, 1.807) is 13.8 Å². The summed E-state index contributed by atoms with van der Waals surface area (Å²) < 4.78 is 0. The Morgan fingerprint density at radius 3 is 2.43 bits per heavy atom. The summed E-state index contributed by atoms with van der Waals surface area (Å²) in [5, 5.41) is 5.07. The molecule has 0 aliphatic heterocycles. The van der Waals surface area contributed by atoms with Crippen molar-refractivity contribution < 1.29 is 9.59 Å². The molecule has 0 unspecified atom stereocenters. The van der Waals surface area contributed by atoms with E-state index in [2.05, 4.69) is 22.2 Å². The van der Waals surface area contributed by atoms with Crippen LogP contribution in [-0.2, 0) is 4.79 Å². The number of nitrogens with zero attached hydrogens (tertiary/aromatic N) is 1. The molecule has 2 N–H and O–H groups in total. The number of urea groups is 1. The Balaban J connectivity index is 3.52. The van der Waals surface area contributed by atoms with Gasteiger partial charge < -0.3 is 10.6 Å². The zero-order valence-corrected chi connectivity index (χ0v) is 8.46. The smallest absolute Gasteiger partial charge is 0.340 e. The molecule has 0 fully saturated rings. The van der Waals surface area contributed by atoms with Crippen molar-refractivity contribution >= 4 is 18.2 Å². The van der Waals surface area contributed by atoms with E-state index in [1.807, 2.05) is 0 Å². The zero-order chi connectivity index (χ0) is 11.0. The lowest BCUT2D eigenvalue weighted by Gasteiger charge is -2.04. The molecule has 0 aromatic heterocycles. The number of nitrogens with one attached hydrogen (secondary N) is 2. The molecule has 0 rings (SSSR count). The lowest BCUT2D eigenvalue weighted by atomic mass is 10.3. The number of amides is 3. The predicted octanol–water partition coefficient (Wildman–Crippen LogP) is 0.479. The summed E-state index contributed by atoms with van der Waals surface area (Å²) in [7, 11) is 0. The van der Waals surface area contributed by atoms with Crippen LogP contribution in [0.3, 0.4) is 0 Å². The first kappa shape index (κ1) is 12.3. The highest BCUT2D eigenvalue weighted by atomic mass is 16.2. The number of carbonyl (C=O) groups excluding carboxylic acids is 2. The number of aliphatic imine (C=N–C) groups is 1. The Morgan fingerprint density at radius 1 is 1.36 bits per heavy atom. The average molecular weight is 197 g/mol. The van der Waals surface area contributed by atoms with Gasteiger partial charge in [-0.15, -0.1) is 0 Å². The third-order valence-electron chi connectivity index (χ3n) is 1.32. The minimum absolute atomic E-state index is 0.210. The van der Waals surface area contributed by atoms with Crippen LogP contribution < -0.4 is 10.6 Å². The van der Waals surface area contributed by atoms with Crippen LogP contribution in [0.2, 0.25) is 0 Å². The molecule has 5 nitrogen and oxygen atoms in total. The summed E-state index contributed by atoms with van der Waals surface area (Å²) in [5.41, 5.74) is 0.447. The molecule has 0 aromatic rings. The third-order valence-corrected chi connectivity index (χ3v) is 1.32. The summed E-state index contributed by atoms with van der Waals surface area (Å²) in [6.07, 6.45) is 1.40. The highest BCUT2D eigenvalue weighted by molar-refractivity contribution is 5.92. The van der Waals surface area contributed by atoms with E-state index in [9.17, 15) is 9.59 Å². The molecule has 5 heteroatoms. The second kappa shape index (κ2) is 6.82. The fraction of sp³-hybridized carbons (Fsp3) is 0.444. The van der Waals surface area contributed by atoms with Crippen LogP contribution in [0.1, 0.15) is 13.8 Å². The normalized spacial score (nSPS) is 9.86. The quantitative estimate of drug-likeness (QED) is 0.391. The molecular weight excluding hydrogens is 182 g/mol. The van der Waals surface area contributed by atoms with Crippen molar-refractivity contribution in [3.8, 4) is 0 Å². The molecule has 0 spiro atoms. The van der Waals surface area contributed by atoms with Crippen molar-refractivity contribution in [3.63, 3.8) is 0 Å². The lowest BCUT2D eigenvalue weighted by molar-refractivity contribution is -0.117. The maximum atomic E-state index is 11.0. The van der Waals surface area contributed by atoms with Gasteiger partial charge in [0, 0.05) is 24.9 Å². The number of hydrogen-bond donors (Lipinski definition) is 2. The van der Waals surface area contributed by atoms with E-state index >= 15 is 0 Å². The second-order valence-electron chi connectivity index (χ2n) is 2.66. The van der Waals surface area contributed by atoms with E-state index in [0.717, 1.165) is 0 Å². The Hall–Kier alpha value is -1.65. The Morgan fingerprint density at radius 2 is 1.93 bits per heavy atom. The zero-order valence-electron chi connectivity index (χ0n) is 8.46. The van der Waals surface area contributed by atoms with E-state index in [0.29, 0.717) is 18.7 Å². The molecule has 14 heavy (non-hydrogen) atoms. The van der Waals surface area contributed by atoms with Gasteiger partial charge in [0.2, 0.25) is 5.91 Å². The topological polar surface area (TPSA) is 70.6 Å². The Bertz CT molecular complexity index is 259. The molecule has 3 amide bonds. The Kier molecular flexibility index (Phi) is 6.02. The van der Waals surface area contributed by atoms with Crippen molar-refractivity contribution in [1.29, 1.82) is 0 Å². The van der Waals surface area contributed by atoms with E-state index in [-0.39, 0.29) is 5.91 Å². The van der Waals surface area contributed by atoms with Crippen LogP contribution >= 0.6 is 0 Å². The van der Waals surface area contributed by atoms with Gasteiger partial charge in [-0.25, -0.2) is 9.79 Å². The first-order chi connectivity index (χ1) is 6.57. The van der Waals surface area contributed by atoms with Crippen molar-refractivity contribution in [2.45, 2.75) is 13.8 Å². The van der Waals surface area contributed by atoms with Crippen LogP contribution in [0.5, 0.6) is 0 Å². The first-order valence-electron chi connectivity index (χ1n) is 4.28. The molecule has 78 valence electrons. The molecule has 0 aromatic carbocycles. The molecule has 0 aliphatic carbocycles. The highest BCUT2D eigenvalue weighted by Crippen LogP contribution is 1.83. The lowest BCUT2D eigenvalue weighted by Crippen LogP contribution is -2.33. The van der Waals surface area contributed by atoms with Crippen molar-refractivity contribution in [2.75, 3.05) is 13.1 Å². The predicted molar refractivity (Wildman–Crippen MR) is 55.4 cm³/mol. The number of carbonyl (C=O) groups is 2. The molecule has 0 bridgehead atoms. The minimum Gasteiger partial charge on any atom is -0.351 e. The van der Waals surface area contributed by atoms with Gasteiger partial charge in [-0.2, -0.15) is 0 Å². The monoisotopic (exact) mass is 197 g/mol. The van der Waals surface area contributed by atoms with Gasteiger partial charge in [-0.1, -0.05) is 6.58 Å². The molecule has 0 saturated heterocycles. The van der Waals surface area contributed by atoms with Gasteiger partial charge in [-0.05, 0) is 13.8 Å². The van der Waals surface area contributed by atoms with Crippen molar-refractivity contribution in [2.24, 2.45) is 4.99 Å². The third kappa shape index (κ3) is 5.93. The van der Waals surface area contributed by atoms with E-state index in [4.69, 9.17) is 0 Å². The minimum atomic E-state index is -0.405. The first-order valence-corrected chi connectivity index (χ1v) is 4.28. The van der Waals surface area contributed by atoms with Gasteiger partial charge >= 0.3 is 6.03 Å². The fourth-order valence-electron chi connectivity index (χ4n) is 0.659. The van der Waals surface area contributed by atoms with E-state index < -0.39 is 6.03 Å². The van der Waals surface area contributed by atoms with Crippen LogP contribution in [0.25, 0.3) is 0 Å². The van der Waals surface area contributed by atoms with Crippen molar-refractivity contribution in [1.82, 2.24) is 10.6 Å². The van der Waals surface area contributed by atoms with Crippen LogP contribution in [0, 0.1) is 0 Å². The molecular formula is C9H15N3O2. The maximum absolute atomic E-state index is 11.0. The number of hydrogen-bond acceptors (Lipinski definition) is 2. The van der Waals surface area contributed by atoms with Gasteiger partial charge in [0.05, 0.1) is 0 Å². The summed E-state index contributed by atoms with van der Waals surface area (Å²) in [6, 6.07) is -0.405. The van der Waals surface area contributed by atoms with E-state index in [1.165, 1.54) is 6.21 Å². The summed E-state index contributed by atoms with van der Waals surface area (Å²) in [4.78, 5) is 25.2. The average Bonchev–Trinajstić information content (AvgIpc) is 2.12. The van der Waals surface area contributed by atoms with Crippen LogP contribution in [0.4, 0.5) is 4.79 Å². The summed E-state index contributed by atoms with van der Waals surface area (Å²) in [6.45, 7) is 7.48. The molecule has 0 saturated carbocycles. The fourth-order valence-corrected chi connectivity index (χ4v) is 0.659. The maximum Gasteiger partial charge on any atom is 0.340 e. The van der Waals surface area contributed by atoms with Gasteiger partial charge in [0.25, 0.3) is 0 Å². The Labute approximate surface area is 83.3 Å². The molecule has 0 aliphatic rings. The largest absolute Gasteiger partial charge is 0.351 e. The number of rotatable bonds is 4. The molecule has 0 radical (unpaired) electrons. The second-order valence-corrected chi connectivity index (χ2v) is 2.66. The standard InChI is InChI=1S/C9H15N3O2/c1-4-10-9(14)12-6-5-11-8(13)7(2)3/h4H,2,5-6H2,1,3H3,(H,11,13)(H,12,14). The molecule has 0 atom stereocenters. The van der Waals surface area contributed by atoms with Gasteiger partial charge in [0.1, 0.15) is 0 Å². The summed E-state index contributed by atoms with van der Waals surface area (Å²) in [5.74, 6) is -0.210. The summed E-state index contributed by atoms with van der Waals surface area (Å²) >= 11 is 0.